The van der Waals surface area contributed by atoms with Crippen molar-refractivity contribution < 1.29 is 94.5 Å². The Kier molecular flexibility index (Phi) is 13.9. The first-order valence-corrected chi connectivity index (χ1v) is 24.0. The highest BCUT2D eigenvalue weighted by Crippen LogP contribution is 2.76. The Morgan fingerprint density at radius 2 is 1.29 bits per heavy atom. The second-order valence-electron chi connectivity index (χ2n) is 22.9. The second-order valence-corrected chi connectivity index (χ2v) is 22.9. The van der Waals surface area contributed by atoms with Crippen molar-refractivity contribution in [1.82, 2.24) is 0 Å². The number of hydrogen-bond donors (Lipinski definition) is 12. The number of ether oxygens (including phenoxy) is 6. The van der Waals surface area contributed by atoms with Crippen LogP contribution < -0.4 is 0 Å². The van der Waals surface area contributed by atoms with E-state index in [-0.39, 0.29) is 53.6 Å². The van der Waals surface area contributed by atoms with E-state index in [2.05, 4.69) is 26.8 Å². The Hall–Kier alpha value is -1.47. The maximum absolute atomic E-state index is 13.9. The molecule has 19 nitrogen and oxygen atoms in total. The molecule has 8 rings (SSSR count). The molecule has 7 fully saturated rings. The van der Waals surface area contributed by atoms with E-state index < -0.39 is 134 Å². The van der Waals surface area contributed by atoms with Gasteiger partial charge < -0.3 is 89.7 Å². The summed E-state index contributed by atoms with van der Waals surface area (Å²) in [6.07, 6.45) is -15.6. The van der Waals surface area contributed by atoms with Gasteiger partial charge in [-0.05, 0) is 97.2 Å². The van der Waals surface area contributed by atoms with E-state index in [9.17, 15) is 66.1 Å². The Labute approximate surface area is 385 Å². The summed E-state index contributed by atoms with van der Waals surface area (Å²) in [6, 6.07) is 0. The van der Waals surface area contributed by atoms with Crippen LogP contribution in [0.15, 0.2) is 11.6 Å². The molecule has 0 radical (unpaired) electrons. The van der Waals surface area contributed by atoms with Gasteiger partial charge in [0.05, 0.1) is 44.1 Å². The second kappa shape index (κ2) is 18.0. The van der Waals surface area contributed by atoms with Gasteiger partial charge in [-0.2, -0.15) is 0 Å². The topological polar surface area (TPSA) is 315 Å². The van der Waals surface area contributed by atoms with Gasteiger partial charge in [-0.25, -0.2) is 0 Å². The normalized spacial score (nSPS) is 54.8. The molecule has 66 heavy (non-hydrogen) atoms. The van der Waals surface area contributed by atoms with Gasteiger partial charge in [-0.15, -0.1) is 0 Å². The van der Waals surface area contributed by atoms with Crippen LogP contribution >= 0.6 is 0 Å². The van der Waals surface area contributed by atoms with Crippen LogP contribution in [0.1, 0.15) is 99.3 Å². The van der Waals surface area contributed by atoms with E-state index in [1.54, 1.807) is 0 Å². The van der Waals surface area contributed by atoms with E-state index in [0.717, 1.165) is 24.8 Å². The minimum atomic E-state index is -1.85. The number of aliphatic hydroxyl groups excluding tert-OH is 11. The Morgan fingerprint density at radius 3 is 1.92 bits per heavy atom. The van der Waals surface area contributed by atoms with Gasteiger partial charge in [0, 0.05) is 5.41 Å². The van der Waals surface area contributed by atoms with Crippen molar-refractivity contribution in [2.45, 2.75) is 198 Å². The molecule has 3 saturated heterocycles. The van der Waals surface area contributed by atoms with Crippen LogP contribution in [-0.4, -0.2) is 192 Å². The predicted molar refractivity (Wildman–Crippen MR) is 227 cm³/mol. The number of allylic oxidation sites excluding steroid dienone is 2. The minimum absolute atomic E-state index is 0.0235. The lowest BCUT2D eigenvalue weighted by atomic mass is 9.33. The third-order valence-corrected chi connectivity index (χ3v) is 19.3. The number of aliphatic carboxylic acids is 1. The Bertz CT molecular complexity index is 1800. The van der Waals surface area contributed by atoms with Crippen LogP contribution in [-0.2, 0) is 33.2 Å². The van der Waals surface area contributed by atoms with Gasteiger partial charge in [-0.1, -0.05) is 53.2 Å². The minimum Gasteiger partial charge on any atom is -0.481 e. The van der Waals surface area contributed by atoms with Gasteiger partial charge in [-0.3, -0.25) is 4.79 Å². The molecular weight excluding hydrogens is 868 g/mol. The number of carboxylic acids is 1. The molecule has 0 aromatic heterocycles. The van der Waals surface area contributed by atoms with Gasteiger partial charge in [0.2, 0.25) is 0 Å². The van der Waals surface area contributed by atoms with E-state index in [1.165, 1.54) is 0 Å². The van der Waals surface area contributed by atoms with Crippen molar-refractivity contribution in [2.75, 3.05) is 26.4 Å². The highest BCUT2D eigenvalue weighted by Gasteiger charge is 2.71. The standard InChI is InChI=1S/C47H76O19/c1-42(2)15-22-21-7-8-27-43(3)11-10-28(64-38-35(57)30(52)23(51)19-61-38)44(4,20-50)26(43)9-12-46(27,6)45(21,5)13-14-47(22,41(59)60)16-29(42)65-40-37(34(56)32(54)25(18-49)63-40)66-39-36(58)33(55)31(53)24(17-48)62-39/h7,22-40,48-58H,8-20H2,1-6H3,(H,59,60). The third-order valence-electron chi connectivity index (χ3n) is 19.3. The molecule has 12 N–H and O–H groups in total. The van der Waals surface area contributed by atoms with Crippen molar-refractivity contribution in [3.05, 3.63) is 11.6 Å². The summed E-state index contributed by atoms with van der Waals surface area (Å²) in [7, 11) is 0. The largest absolute Gasteiger partial charge is 0.481 e. The van der Waals surface area contributed by atoms with Crippen molar-refractivity contribution in [3.63, 3.8) is 0 Å². The molecule has 378 valence electrons. The summed E-state index contributed by atoms with van der Waals surface area (Å²) >= 11 is 0. The predicted octanol–water partition coefficient (Wildman–Crippen LogP) is -0.711. The summed E-state index contributed by atoms with van der Waals surface area (Å²) in [5, 5.41) is 128. The van der Waals surface area contributed by atoms with Crippen LogP contribution in [0.2, 0.25) is 0 Å². The van der Waals surface area contributed by atoms with E-state index in [1.807, 2.05) is 20.8 Å². The summed E-state index contributed by atoms with van der Waals surface area (Å²) in [5.41, 5.74) is -2.47. The zero-order chi connectivity index (χ0) is 48.3. The number of fused-ring (bicyclic) bond motifs is 7. The maximum atomic E-state index is 13.9. The van der Waals surface area contributed by atoms with E-state index in [0.29, 0.717) is 32.1 Å². The monoisotopic (exact) mass is 944 g/mol. The molecule has 4 saturated carbocycles. The fraction of sp³-hybridized carbons (Fsp3) is 0.936. The van der Waals surface area contributed by atoms with Gasteiger partial charge in [0.1, 0.15) is 67.1 Å². The van der Waals surface area contributed by atoms with Gasteiger partial charge in [0.25, 0.3) is 0 Å². The van der Waals surface area contributed by atoms with Crippen LogP contribution in [0.5, 0.6) is 0 Å². The van der Waals surface area contributed by atoms with E-state index in [4.69, 9.17) is 28.4 Å². The summed E-state index contributed by atoms with van der Waals surface area (Å²) in [5.74, 6) is -1.14. The molecular formula is C47H76O19. The molecule has 3 aliphatic heterocycles. The van der Waals surface area contributed by atoms with Crippen LogP contribution in [0.4, 0.5) is 0 Å². The van der Waals surface area contributed by atoms with E-state index >= 15 is 0 Å². The molecule has 24 unspecified atom stereocenters. The average molecular weight is 945 g/mol. The zero-order valence-electron chi connectivity index (χ0n) is 39.0. The SMILES string of the molecule is CC1(C)CC2C3=CCC4C5(C)CCC(OC6OCC(O)C(O)C6O)C(C)(CO)C5CCC4(C)C3(C)CCC2(C(=O)O)CC1OC1OC(CO)C(O)C(O)C1OC1OC(CO)C(O)C(O)C1O. The first-order valence-electron chi connectivity index (χ1n) is 24.0. The molecule has 0 aromatic rings. The van der Waals surface area contributed by atoms with Crippen LogP contribution in [0.25, 0.3) is 0 Å². The fourth-order valence-electron chi connectivity index (χ4n) is 14.9. The molecule has 0 spiro atoms. The number of hydrogen-bond acceptors (Lipinski definition) is 18. The number of carboxylic acid groups (broad SMARTS) is 1. The number of carbonyl (C=O) groups is 1. The van der Waals surface area contributed by atoms with Crippen molar-refractivity contribution in [2.24, 2.45) is 50.2 Å². The summed E-state index contributed by atoms with van der Waals surface area (Å²) < 4.78 is 36.3. The molecule has 3 heterocycles. The number of rotatable bonds is 10. The molecule has 24 atom stereocenters. The molecule has 19 heteroatoms. The highest BCUT2D eigenvalue weighted by molar-refractivity contribution is 5.77. The lowest BCUT2D eigenvalue weighted by molar-refractivity contribution is -0.377. The molecule has 0 bridgehead atoms. The quantitative estimate of drug-likeness (QED) is 0.0951. The summed E-state index contributed by atoms with van der Waals surface area (Å²) in [4.78, 5) is 13.9. The first-order chi connectivity index (χ1) is 30.9. The third kappa shape index (κ3) is 7.68. The fourth-order valence-corrected chi connectivity index (χ4v) is 14.9. The average Bonchev–Trinajstić information content (AvgIpc) is 3.27. The van der Waals surface area contributed by atoms with Gasteiger partial charge >= 0.3 is 5.97 Å². The Balaban J connectivity index is 1.05. The van der Waals surface area contributed by atoms with Crippen LogP contribution in [0, 0.1) is 50.2 Å². The number of aliphatic hydroxyl groups is 11. The lowest BCUT2D eigenvalue weighted by Crippen LogP contribution is -2.67. The van der Waals surface area contributed by atoms with Crippen molar-refractivity contribution in [1.29, 1.82) is 0 Å². The molecule has 0 aromatic carbocycles. The molecule has 5 aliphatic carbocycles. The highest BCUT2D eigenvalue weighted by atomic mass is 16.8. The molecule has 0 amide bonds. The Morgan fingerprint density at radius 1 is 0.667 bits per heavy atom. The van der Waals surface area contributed by atoms with Crippen molar-refractivity contribution in [3.8, 4) is 0 Å². The van der Waals surface area contributed by atoms with Crippen molar-refractivity contribution >= 4 is 5.97 Å². The van der Waals surface area contributed by atoms with Crippen LogP contribution in [0.3, 0.4) is 0 Å². The zero-order valence-corrected chi connectivity index (χ0v) is 39.0. The smallest absolute Gasteiger partial charge is 0.310 e. The lowest BCUT2D eigenvalue weighted by Gasteiger charge is -2.71. The van der Waals surface area contributed by atoms with Gasteiger partial charge in [0.15, 0.2) is 18.9 Å². The first kappa shape index (κ1) is 50.9. The maximum Gasteiger partial charge on any atom is 0.310 e. The summed E-state index contributed by atoms with van der Waals surface area (Å²) in [6.45, 7) is 11.2. The molecule has 8 aliphatic rings.